The highest BCUT2D eigenvalue weighted by Crippen LogP contribution is 2.34. The molecule has 5 aromatic rings. The summed E-state index contributed by atoms with van der Waals surface area (Å²) in [6.07, 6.45) is 7.10. The van der Waals surface area contributed by atoms with Gasteiger partial charge in [0, 0.05) is 39.9 Å². The number of thiophene rings is 1. The van der Waals surface area contributed by atoms with Crippen LogP contribution in [-0.2, 0) is 21.0 Å². The molecule has 2 aromatic heterocycles. The molecule has 0 aliphatic carbocycles. The minimum absolute atomic E-state index is 0.196. The topological polar surface area (TPSA) is 94.6 Å². The van der Waals surface area contributed by atoms with Crippen LogP contribution in [-0.4, -0.2) is 28.8 Å². The second kappa shape index (κ2) is 14.0. The van der Waals surface area contributed by atoms with Crippen LogP contribution in [0.1, 0.15) is 29.7 Å². The number of rotatable bonds is 10. The predicted octanol–water partition coefficient (Wildman–Crippen LogP) is 8.06. The summed E-state index contributed by atoms with van der Waals surface area (Å²) in [7, 11) is 0. The number of fused-ring (bicyclic) bond motifs is 1. The third-order valence-electron chi connectivity index (χ3n) is 6.85. The van der Waals surface area contributed by atoms with Crippen molar-refractivity contribution in [2.24, 2.45) is 0 Å². The fraction of sp³-hybridized carbons (Fsp3) is 0.182. The highest BCUT2D eigenvalue weighted by atomic mass is 35.5. The van der Waals surface area contributed by atoms with Crippen LogP contribution in [0.2, 0.25) is 5.02 Å². The Bertz CT molecular complexity index is 1810. The van der Waals surface area contributed by atoms with Crippen LogP contribution >= 0.6 is 22.9 Å². The first-order valence-corrected chi connectivity index (χ1v) is 15.2. The molecule has 6 rings (SSSR count). The number of hydrogen-bond donors (Lipinski definition) is 2. The van der Waals surface area contributed by atoms with Gasteiger partial charge in [-0.2, -0.15) is 0 Å². The van der Waals surface area contributed by atoms with Gasteiger partial charge in [0.1, 0.15) is 30.3 Å². The van der Waals surface area contributed by atoms with Gasteiger partial charge in [-0.3, -0.25) is 4.79 Å². The summed E-state index contributed by atoms with van der Waals surface area (Å²) in [6.45, 7) is 0.839. The smallest absolute Gasteiger partial charge is 0.267 e. The zero-order chi connectivity index (χ0) is 30.3. The Morgan fingerprint density at radius 3 is 2.86 bits per heavy atom. The van der Waals surface area contributed by atoms with Crippen molar-refractivity contribution in [3.8, 4) is 16.2 Å². The number of hydrogen-bond acceptors (Lipinski definition) is 8. The van der Waals surface area contributed by atoms with Crippen molar-refractivity contribution in [1.82, 2.24) is 15.4 Å². The average Bonchev–Trinajstić information content (AvgIpc) is 3.52. The van der Waals surface area contributed by atoms with Crippen molar-refractivity contribution in [3.63, 3.8) is 0 Å². The molecule has 2 N–H and O–H groups in total. The Morgan fingerprint density at radius 1 is 1.09 bits per heavy atom. The molecule has 0 radical (unpaired) electrons. The van der Waals surface area contributed by atoms with Crippen LogP contribution in [0.4, 0.5) is 15.9 Å². The molecule has 0 spiro atoms. The van der Waals surface area contributed by atoms with E-state index in [4.69, 9.17) is 25.9 Å². The molecule has 0 bridgehead atoms. The molecule has 1 saturated heterocycles. The summed E-state index contributed by atoms with van der Waals surface area (Å²) in [5, 5.41) is 4.58. The van der Waals surface area contributed by atoms with Crippen molar-refractivity contribution in [2.75, 3.05) is 11.9 Å². The number of nitrogens with zero attached hydrogens (tertiary/aromatic N) is 2. The zero-order valence-corrected chi connectivity index (χ0v) is 25.0. The van der Waals surface area contributed by atoms with Crippen molar-refractivity contribution in [1.29, 1.82) is 0 Å². The van der Waals surface area contributed by atoms with E-state index in [0.717, 1.165) is 51.2 Å². The van der Waals surface area contributed by atoms with Gasteiger partial charge in [-0.1, -0.05) is 29.8 Å². The number of aromatic nitrogens is 2. The summed E-state index contributed by atoms with van der Waals surface area (Å²) in [4.78, 5) is 28.4. The van der Waals surface area contributed by atoms with Crippen LogP contribution in [0.3, 0.4) is 0 Å². The summed E-state index contributed by atoms with van der Waals surface area (Å²) >= 11 is 8.06. The average molecular weight is 631 g/mol. The van der Waals surface area contributed by atoms with Crippen LogP contribution in [0.5, 0.6) is 5.75 Å². The number of halogens is 2. The Morgan fingerprint density at radius 2 is 2.02 bits per heavy atom. The van der Waals surface area contributed by atoms with Gasteiger partial charge in [-0.15, -0.1) is 11.3 Å². The molecular formula is C33H28ClFN4O4S. The Balaban J connectivity index is 1.12. The molecule has 11 heteroatoms. The number of anilines is 2. The summed E-state index contributed by atoms with van der Waals surface area (Å²) in [6, 6.07) is 21.5. The van der Waals surface area contributed by atoms with Gasteiger partial charge in [-0.25, -0.2) is 24.7 Å². The van der Waals surface area contributed by atoms with E-state index < -0.39 is 6.29 Å². The lowest BCUT2D eigenvalue weighted by Gasteiger charge is -2.21. The zero-order valence-electron chi connectivity index (χ0n) is 23.5. The van der Waals surface area contributed by atoms with Gasteiger partial charge < -0.3 is 14.8 Å². The van der Waals surface area contributed by atoms with Crippen LogP contribution in [0.15, 0.2) is 85.2 Å². The molecule has 1 amide bonds. The molecule has 1 atom stereocenters. The molecule has 8 nitrogen and oxygen atoms in total. The van der Waals surface area contributed by atoms with Gasteiger partial charge in [0.15, 0.2) is 6.29 Å². The van der Waals surface area contributed by atoms with E-state index in [-0.39, 0.29) is 18.3 Å². The largest absolute Gasteiger partial charge is 0.487 e. The molecule has 224 valence electrons. The van der Waals surface area contributed by atoms with E-state index in [2.05, 4.69) is 20.8 Å². The van der Waals surface area contributed by atoms with Crippen molar-refractivity contribution in [3.05, 3.63) is 106 Å². The lowest BCUT2D eigenvalue weighted by atomic mass is 10.1. The second-order valence-corrected chi connectivity index (χ2v) is 11.6. The molecule has 0 saturated carbocycles. The van der Waals surface area contributed by atoms with Crippen LogP contribution in [0, 0.1) is 5.82 Å². The third kappa shape index (κ3) is 7.59. The number of amides is 1. The van der Waals surface area contributed by atoms with Crippen LogP contribution in [0.25, 0.3) is 27.4 Å². The standard InChI is InChI=1S/C33H28ClFN4O4S/c34-27-18-24(8-12-29(27)42-19-21-4-3-5-23(35)16-21)38-33-26-17-22(7-11-28(26)36-20-37-33)30-13-9-25(44-30)10-14-31(40)39-43-32-6-1-2-15-41-32/h3-5,7-14,16-18,20,32H,1-2,6,15,19H2,(H,39,40)(H,36,37,38). The number of ether oxygens (including phenoxy) is 2. The molecule has 1 aliphatic rings. The molecule has 3 heterocycles. The number of carbonyl (C=O) groups is 1. The first-order valence-electron chi connectivity index (χ1n) is 14.0. The van der Waals surface area contributed by atoms with E-state index >= 15 is 0 Å². The van der Waals surface area contributed by atoms with E-state index in [1.54, 1.807) is 41.7 Å². The van der Waals surface area contributed by atoms with Gasteiger partial charge in [0.25, 0.3) is 5.91 Å². The third-order valence-corrected chi connectivity index (χ3v) is 8.25. The summed E-state index contributed by atoms with van der Waals surface area (Å²) in [5.74, 6) is 0.446. The summed E-state index contributed by atoms with van der Waals surface area (Å²) in [5.41, 5.74) is 5.63. The fourth-order valence-corrected chi connectivity index (χ4v) is 5.79. The molecule has 1 aliphatic heterocycles. The maximum atomic E-state index is 13.5. The van der Waals surface area contributed by atoms with Crippen LogP contribution < -0.4 is 15.5 Å². The molecule has 3 aromatic carbocycles. The van der Waals surface area contributed by atoms with E-state index in [1.807, 2.05) is 36.4 Å². The maximum Gasteiger partial charge on any atom is 0.267 e. The fourth-order valence-electron chi connectivity index (χ4n) is 4.65. The molecule has 1 unspecified atom stereocenters. The minimum atomic E-state index is -0.394. The number of hydroxylamine groups is 1. The van der Waals surface area contributed by atoms with Crippen molar-refractivity contribution in [2.45, 2.75) is 32.2 Å². The minimum Gasteiger partial charge on any atom is -0.487 e. The Labute approximate surface area is 262 Å². The predicted molar refractivity (Wildman–Crippen MR) is 170 cm³/mol. The highest BCUT2D eigenvalue weighted by molar-refractivity contribution is 7.16. The first-order chi connectivity index (χ1) is 21.5. The monoisotopic (exact) mass is 630 g/mol. The normalized spacial score (nSPS) is 15.0. The molecule has 44 heavy (non-hydrogen) atoms. The van der Waals surface area contributed by atoms with E-state index in [0.29, 0.717) is 28.8 Å². The molecular weight excluding hydrogens is 603 g/mol. The van der Waals surface area contributed by atoms with Gasteiger partial charge in [0.2, 0.25) is 0 Å². The first kappa shape index (κ1) is 29.7. The lowest BCUT2D eigenvalue weighted by molar-refractivity contribution is -0.198. The number of benzene rings is 3. The maximum absolute atomic E-state index is 13.5. The van der Waals surface area contributed by atoms with Crippen molar-refractivity contribution >= 4 is 57.3 Å². The quantitative estimate of drug-likeness (QED) is 0.119. The van der Waals surface area contributed by atoms with Gasteiger partial charge >= 0.3 is 0 Å². The lowest BCUT2D eigenvalue weighted by Crippen LogP contribution is -2.32. The second-order valence-electron chi connectivity index (χ2n) is 10.1. The van der Waals surface area contributed by atoms with Crippen molar-refractivity contribution < 1.29 is 23.5 Å². The number of carbonyl (C=O) groups excluding carboxylic acids is 1. The molecule has 1 fully saturated rings. The number of nitrogens with one attached hydrogen (secondary N) is 2. The summed E-state index contributed by atoms with van der Waals surface area (Å²) < 4.78 is 24.7. The van der Waals surface area contributed by atoms with E-state index in [9.17, 15) is 9.18 Å². The Kier molecular flexibility index (Phi) is 9.43. The van der Waals surface area contributed by atoms with Gasteiger partial charge in [-0.05, 0) is 84.6 Å². The Hall–Kier alpha value is -4.35. The van der Waals surface area contributed by atoms with E-state index in [1.165, 1.54) is 24.5 Å². The highest BCUT2D eigenvalue weighted by Gasteiger charge is 2.15. The SMILES string of the molecule is O=C(C=Cc1ccc(-c2ccc3ncnc(Nc4ccc(OCc5cccc(F)c5)c(Cl)c4)c3c2)s1)NOC1CCCCO1. The van der Waals surface area contributed by atoms with Gasteiger partial charge in [0.05, 0.1) is 10.5 Å².